The average Bonchev–Trinajstić information content (AvgIpc) is 3.27. The fourth-order valence-corrected chi connectivity index (χ4v) is 3.22. The Balaban J connectivity index is 1.63. The lowest BCUT2D eigenvalue weighted by Crippen LogP contribution is -1.97. The van der Waals surface area contributed by atoms with Crippen molar-refractivity contribution in [2.24, 2.45) is 7.05 Å². The second-order valence-corrected chi connectivity index (χ2v) is 7.01. The van der Waals surface area contributed by atoms with E-state index in [1.54, 1.807) is 23.3 Å². The van der Waals surface area contributed by atoms with E-state index in [4.69, 9.17) is 23.2 Å². The minimum Gasteiger partial charge on any atom is -0.332 e. The van der Waals surface area contributed by atoms with Crippen LogP contribution in [0.3, 0.4) is 0 Å². The van der Waals surface area contributed by atoms with Gasteiger partial charge >= 0.3 is 0 Å². The third-order valence-electron chi connectivity index (χ3n) is 4.42. The van der Waals surface area contributed by atoms with E-state index in [9.17, 15) is 0 Å². The zero-order valence-electron chi connectivity index (χ0n) is 14.8. The number of pyridine rings is 1. The standard InChI is InChI=1S/C19H16Cl2N6/c1-12-19(24-25-26(12)2)13-6-7-22-16(8-13)17-10-27(11-23-17)9-14-4-3-5-15(20)18(14)21/h3-8,10-11H,9H2,1-2H3. The third-order valence-corrected chi connectivity index (χ3v) is 5.28. The molecular weight excluding hydrogens is 383 g/mol. The van der Waals surface area contributed by atoms with Crippen molar-refractivity contribution in [3.05, 3.63) is 70.4 Å². The number of hydrogen-bond acceptors (Lipinski definition) is 4. The van der Waals surface area contributed by atoms with Crippen LogP contribution in [0.15, 0.2) is 49.1 Å². The minimum atomic E-state index is 0.545. The summed E-state index contributed by atoms with van der Waals surface area (Å²) >= 11 is 12.4. The Bertz CT molecular complexity index is 1120. The Morgan fingerprint density at radius 1 is 1.07 bits per heavy atom. The Hall–Kier alpha value is -2.70. The fraction of sp³-hybridized carbons (Fsp3) is 0.158. The minimum absolute atomic E-state index is 0.545. The fourth-order valence-electron chi connectivity index (χ4n) is 2.84. The zero-order chi connectivity index (χ0) is 19.0. The first-order valence-electron chi connectivity index (χ1n) is 8.30. The topological polar surface area (TPSA) is 61.4 Å². The van der Waals surface area contributed by atoms with Gasteiger partial charge in [-0.05, 0) is 30.7 Å². The van der Waals surface area contributed by atoms with E-state index in [1.807, 2.05) is 49.0 Å². The van der Waals surface area contributed by atoms with Crippen LogP contribution in [0.25, 0.3) is 22.6 Å². The van der Waals surface area contributed by atoms with Gasteiger partial charge in [-0.1, -0.05) is 40.5 Å². The van der Waals surface area contributed by atoms with E-state index >= 15 is 0 Å². The SMILES string of the molecule is Cc1c(-c2ccnc(-c3cn(Cc4cccc(Cl)c4Cl)cn3)c2)nnn1C. The maximum atomic E-state index is 6.28. The quantitative estimate of drug-likeness (QED) is 0.510. The molecular formula is C19H16Cl2N6. The molecule has 27 heavy (non-hydrogen) atoms. The highest BCUT2D eigenvalue weighted by molar-refractivity contribution is 6.42. The smallest absolute Gasteiger partial charge is 0.116 e. The van der Waals surface area contributed by atoms with Gasteiger partial charge in [0, 0.05) is 25.0 Å². The van der Waals surface area contributed by atoms with Crippen molar-refractivity contribution in [3.8, 4) is 22.6 Å². The molecule has 0 saturated carbocycles. The average molecular weight is 399 g/mol. The van der Waals surface area contributed by atoms with E-state index in [2.05, 4.69) is 20.3 Å². The molecule has 6 nitrogen and oxygen atoms in total. The Morgan fingerprint density at radius 3 is 2.70 bits per heavy atom. The van der Waals surface area contributed by atoms with Crippen molar-refractivity contribution in [2.75, 3.05) is 0 Å². The van der Waals surface area contributed by atoms with Crippen LogP contribution in [0.5, 0.6) is 0 Å². The molecule has 0 aliphatic rings. The molecule has 0 unspecified atom stereocenters. The van der Waals surface area contributed by atoms with Crippen LogP contribution in [0, 0.1) is 6.92 Å². The van der Waals surface area contributed by atoms with Crippen molar-refractivity contribution < 1.29 is 0 Å². The van der Waals surface area contributed by atoms with Crippen molar-refractivity contribution >= 4 is 23.2 Å². The van der Waals surface area contributed by atoms with Crippen LogP contribution in [0.4, 0.5) is 0 Å². The van der Waals surface area contributed by atoms with Gasteiger partial charge < -0.3 is 4.57 Å². The van der Waals surface area contributed by atoms with E-state index in [1.165, 1.54) is 0 Å². The number of rotatable bonds is 4. The molecule has 3 aromatic heterocycles. The molecule has 0 N–H and O–H groups in total. The van der Waals surface area contributed by atoms with Gasteiger partial charge in [0.2, 0.25) is 0 Å². The molecule has 0 atom stereocenters. The van der Waals surface area contributed by atoms with Gasteiger partial charge in [0.15, 0.2) is 0 Å². The summed E-state index contributed by atoms with van der Waals surface area (Å²) < 4.78 is 3.70. The highest BCUT2D eigenvalue weighted by atomic mass is 35.5. The number of aromatic nitrogens is 6. The zero-order valence-corrected chi connectivity index (χ0v) is 16.3. The van der Waals surface area contributed by atoms with Gasteiger partial charge in [0.05, 0.1) is 34.3 Å². The second-order valence-electron chi connectivity index (χ2n) is 6.22. The van der Waals surface area contributed by atoms with Crippen LogP contribution in [-0.2, 0) is 13.6 Å². The number of benzene rings is 1. The molecule has 0 fully saturated rings. The maximum Gasteiger partial charge on any atom is 0.116 e. The monoisotopic (exact) mass is 398 g/mol. The summed E-state index contributed by atoms with van der Waals surface area (Å²) in [6.45, 7) is 2.56. The molecule has 136 valence electrons. The molecule has 0 radical (unpaired) electrons. The predicted octanol–water partition coefficient (Wildman–Crippen LogP) is 4.40. The predicted molar refractivity (Wildman–Crippen MR) is 106 cm³/mol. The summed E-state index contributed by atoms with van der Waals surface area (Å²) in [5, 5.41) is 9.40. The lowest BCUT2D eigenvalue weighted by atomic mass is 10.1. The summed E-state index contributed by atoms with van der Waals surface area (Å²) in [6, 6.07) is 9.50. The van der Waals surface area contributed by atoms with Crippen LogP contribution in [0.1, 0.15) is 11.3 Å². The lowest BCUT2D eigenvalue weighted by Gasteiger charge is -2.06. The molecule has 3 heterocycles. The Morgan fingerprint density at radius 2 is 1.93 bits per heavy atom. The van der Waals surface area contributed by atoms with Gasteiger partial charge in [-0.3, -0.25) is 9.67 Å². The second kappa shape index (κ2) is 7.13. The lowest BCUT2D eigenvalue weighted by molar-refractivity contribution is 0.696. The number of aryl methyl sites for hydroxylation is 1. The molecule has 4 rings (SSSR count). The molecule has 1 aromatic carbocycles. The highest BCUT2D eigenvalue weighted by Gasteiger charge is 2.12. The van der Waals surface area contributed by atoms with Gasteiger partial charge in [-0.2, -0.15) is 0 Å². The summed E-state index contributed by atoms with van der Waals surface area (Å²) in [5.41, 5.74) is 5.27. The van der Waals surface area contributed by atoms with E-state index in [0.29, 0.717) is 16.6 Å². The van der Waals surface area contributed by atoms with Crippen LogP contribution >= 0.6 is 23.2 Å². The number of imidazole rings is 1. The summed E-state index contributed by atoms with van der Waals surface area (Å²) in [7, 11) is 1.87. The molecule has 0 aliphatic heterocycles. The van der Waals surface area contributed by atoms with Gasteiger partial charge in [-0.25, -0.2) is 4.98 Å². The van der Waals surface area contributed by atoms with E-state index in [-0.39, 0.29) is 0 Å². The van der Waals surface area contributed by atoms with Crippen molar-refractivity contribution in [2.45, 2.75) is 13.5 Å². The third kappa shape index (κ3) is 3.46. The van der Waals surface area contributed by atoms with E-state index in [0.717, 1.165) is 33.9 Å². The van der Waals surface area contributed by atoms with Crippen LogP contribution in [0.2, 0.25) is 10.0 Å². The van der Waals surface area contributed by atoms with Crippen molar-refractivity contribution in [1.82, 2.24) is 29.5 Å². The molecule has 0 bridgehead atoms. The molecule has 8 heteroatoms. The molecule has 0 saturated heterocycles. The Kier molecular flexibility index (Phi) is 4.68. The largest absolute Gasteiger partial charge is 0.332 e. The first kappa shape index (κ1) is 17.7. The molecule has 4 aromatic rings. The van der Waals surface area contributed by atoms with Gasteiger partial charge in [0.25, 0.3) is 0 Å². The normalized spacial score (nSPS) is 11.1. The van der Waals surface area contributed by atoms with E-state index < -0.39 is 0 Å². The number of halogens is 2. The van der Waals surface area contributed by atoms with Gasteiger partial charge in [-0.15, -0.1) is 5.10 Å². The molecule has 0 spiro atoms. The maximum absolute atomic E-state index is 6.28. The first-order chi connectivity index (χ1) is 13.0. The van der Waals surface area contributed by atoms with Crippen LogP contribution < -0.4 is 0 Å². The number of hydrogen-bond donors (Lipinski definition) is 0. The molecule has 0 amide bonds. The molecule has 0 aliphatic carbocycles. The van der Waals surface area contributed by atoms with Crippen molar-refractivity contribution in [3.63, 3.8) is 0 Å². The summed E-state index contributed by atoms with van der Waals surface area (Å²) in [5.74, 6) is 0. The summed E-state index contributed by atoms with van der Waals surface area (Å²) in [4.78, 5) is 8.93. The highest BCUT2D eigenvalue weighted by Crippen LogP contribution is 2.27. The van der Waals surface area contributed by atoms with Crippen molar-refractivity contribution in [1.29, 1.82) is 0 Å². The Labute approximate surface area is 166 Å². The van der Waals surface area contributed by atoms with Crippen LogP contribution in [-0.4, -0.2) is 29.5 Å². The summed E-state index contributed by atoms with van der Waals surface area (Å²) in [6.07, 6.45) is 5.45. The first-order valence-corrected chi connectivity index (χ1v) is 9.06. The number of nitrogens with zero attached hydrogens (tertiary/aromatic N) is 6. The van der Waals surface area contributed by atoms with Gasteiger partial charge in [0.1, 0.15) is 11.4 Å².